The Balaban J connectivity index is -0.000000178. The molecule has 0 fully saturated rings. The van der Waals surface area contributed by atoms with E-state index >= 15 is 0 Å². The minimum atomic E-state index is -0.111. The van der Waals surface area contributed by atoms with E-state index in [1.165, 1.54) is 73.3 Å². The molecule has 0 saturated heterocycles. The van der Waals surface area contributed by atoms with E-state index in [0.717, 1.165) is 30.5 Å². The van der Waals surface area contributed by atoms with E-state index in [4.69, 9.17) is 0 Å². The summed E-state index contributed by atoms with van der Waals surface area (Å²) >= 11 is 4.01. The molecule has 0 N–H and O–H groups in total. The van der Waals surface area contributed by atoms with Gasteiger partial charge in [0.2, 0.25) is 0 Å². The van der Waals surface area contributed by atoms with Crippen molar-refractivity contribution in [1.82, 2.24) is 0 Å². The van der Waals surface area contributed by atoms with Gasteiger partial charge in [0, 0.05) is 17.5 Å². The lowest BCUT2D eigenvalue weighted by Gasteiger charge is -2.27. The molecule has 0 amide bonds. The van der Waals surface area contributed by atoms with Crippen LogP contribution in [0.15, 0.2) is 88.0 Å². The van der Waals surface area contributed by atoms with Gasteiger partial charge in [-0.1, -0.05) is 134 Å². The minimum Gasteiger partial charge on any atom is -0.293 e. The number of hydrogen-bond donors (Lipinski definition) is 1. The highest BCUT2D eigenvalue weighted by atomic mass is 32.1. The highest BCUT2D eigenvalue weighted by Crippen LogP contribution is 2.32. The highest BCUT2D eigenvalue weighted by Gasteiger charge is 2.18. The Morgan fingerprint density at radius 2 is 1.15 bits per heavy atom. The first-order valence-electron chi connectivity index (χ1n) is 18.5. The third-order valence-electron chi connectivity index (χ3n) is 7.33. The van der Waals surface area contributed by atoms with Crippen LogP contribution in [0.1, 0.15) is 174 Å². The number of ketones is 1. The number of allylic oxidation sites excluding steroid dienone is 7. The van der Waals surface area contributed by atoms with Crippen LogP contribution in [0.3, 0.4) is 0 Å². The standard InChI is InChI=1S/C17H24.C10H15NOS.C10H22.C4H8.2C2H6/c1-5-15(4)7-9-17-12-10-16(11-13-17)8-6-14(2)3;1-6(2)7(3)11-10(8(4)12)9(5)13;1-5-8-10(4,7-3)9-6-2;1-4(2)3;2*1-2/h5,10-13H,2,6-9H2,1,3-4H3;13H,5H2,1-4H3;5-9H2,1-4H3;1H2,2-3H3;2*1-2H3/b15-5+;;;;;. The first kappa shape index (κ1) is 55.0. The van der Waals surface area contributed by atoms with Gasteiger partial charge in [-0.3, -0.25) is 4.79 Å². The molecule has 0 spiro atoms. The predicted octanol–water partition coefficient (Wildman–Crippen LogP) is 15.5. The van der Waals surface area contributed by atoms with Crippen LogP contribution in [-0.2, 0) is 17.6 Å². The number of benzene rings is 1. The van der Waals surface area contributed by atoms with Crippen LogP contribution < -0.4 is 0 Å². The van der Waals surface area contributed by atoms with Crippen LogP contribution in [-0.4, -0.2) is 11.5 Å². The topological polar surface area (TPSA) is 29.4 Å². The molecule has 0 aliphatic rings. The summed E-state index contributed by atoms with van der Waals surface area (Å²) in [4.78, 5) is 15.6. The van der Waals surface area contributed by atoms with Gasteiger partial charge in [0.05, 0.1) is 0 Å². The van der Waals surface area contributed by atoms with Crippen molar-refractivity contribution in [2.45, 2.75) is 175 Å². The van der Waals surface area contributed by atoms with Gasteiger partial charge < -0.3 is 0 Å². The number of Topliss-reactive ketones (excluding diaryl/α,β-unsaturated/α-hetero) is 1. The van der Waals surface area contributed by atoms with Crippen molar-refractivity contribution < 1.29 is 4.79 Å². The molecule has 0 aliphatic carbocycles. The van der Waals surface area contributed by atoms with Crippen molar-refractivity contribution in [2.75, 3.05) is 0 Å². The average molecular weight is 684 g/mol. The summed E-state index contributed by atoms with van der Waals surface area (Å²) in [5.74, 6) is -0.111. The Hall–Kier alpha value is -2.39. The fourth-order valence-electron chi connectivity index (χ4n) is 4.03. The number of carbonyl (C=O) groups is 1. The van der Waals surface area contributed by atoms with Gasteiger partial charge in [-0.25, -0.2) is 4.99 Å². The van der Waals surface area contributed by atoms with Crippen LogP contribution in [0.5, 0.6) is 0 Å². The lowest BCUT2D eigenvalue weighted by atomic mass is 9.79. The quantitative estimate of drug-likeness (QED) is 0.118. The Bertz CT molecular complexity index is 1050. The maximum absolute atomic E-state index is 11.1. The lowest BCUT2D eigenvalue weighted by molar-refractivity contribution is -0.111. The van der Waals surface area contributed by atoms with Crippen LogP contribution in [0.25, 0.3) is 0 Å². The third-order valence-corrected chi connectivity index (χ3v) is 7.55. The van der Waals surface area contributed by atoms with Gasteiger partial charge in [-0.15, -0.1) is 25.8 Å². The molecule has 1 aromatic rings. The summed E-state index contributed by atoms with van der Waals surface area (Å²) in [5.41, 5.74) is 9.64. The summed E-state index contributed by atoms with van der Waals surface area (Å²) in [6.07, 6.45) is 13.5. The average Bonchev–Trinajstić information content (AvgIpc) is 3.04. The number of aliphatic imine (C=N–C) groups is 1. The first-order chi connectivity index (χ1) is 22.4. The van der Waals surface area contributed by atoms with Crippen molar-refractivity contribution in [3.63, 3.8) is 0 Å². The second-order valence-electron chi connectivity index (χ2n) is 12.8. The lowest BCUT2D eigenvalue weighted by Crippen LogP contribution is -2.13. The van der Waals surface area contributed by atoms with Crippen molar-refractivity contribution in [3.8, 4) is 0 Å². The molecule has 1 aromatic carbocycles. The number of aryl methyl sites for hydroxylation is 2. The fourth-order valence-corrected chi connectivity index (χ4v) is 4.24. The molecule has 0 saturated carbocycles. The number of carbonyl (C=O) groups excluding carboxylic acids is 1. The SMILES string of the molecule is C=C(C)C.C=C(C)CCc1ccc(CC/C(C)=C/C)cc1.C=C(S)C(=NC(C)=C(C)C)C(C)=O.CC.CC.CCCC(C)(CC)CCC. The zero-order chi connectivity index (χ0) is 38.9. The number of hydrogen-bond acceptors (Lipinski definition) is 3. The van der Waals surface area contributed by atoms with Crippen molar-refractivity contribution >= 4 is 24.1 Å². The second kappa shape index (κ2) is 35.9. The van der Waals surface area contributed by atoms with Crippen molar-refractivity contribution in [2.24, 2.45) is 10.4 Å². The molecular formula is C45H81NOS. The highest BCUT2D eigenvalue weighted by molar-refractivity contribution is 7.85. The molecule has 0 radical (unpaired) electrons. The van der Waals surface area contributed by atoms with Gasteiger partial charge in [0.15, 0.2) is 5.78 Å². The van der Waals surface area contributed by atoms with Gasteiger partial charge in [0.1, 0.15) is 5.71 Å². The third kappa shape index (κ3) is 36.4. The van der Waals surface area contributed by atoms with Gasteiger partial charge >= 0.3 is 0 Å². The monoisotopic (exact) mass is 684 g/mol. The summed E-state index contributed by atoms with van der Waals surface area (Å²) in [5, 5.41) is 0. The number of thiol groups is 1. The van der Waals surface area contributed by atoms with Crippen LogP contribution in [0.4, 0.5) is 0 Å². The first-order valence-corrected chi connectivity index (χ1v) is 18.9. The Morgan fingerprint density at radius 3 is 1.40 bits per heavy atom. The predicted molar refractivity (Wildman–Crippen MR) is 229 cm³/mol. The van der Waals surface area contributed by atoms with Crippen LogP contribution in [0, 0.1) is 5.41 Å². The molecule has 3 heteroatoms. The molecule has 48 heavy (non-hydrogen) atoms. The van der Waals surface area contributed by atoms with E-state index in [2.05, 4.69) is 116 Å². The molecule has 0 unspecified atom stereocenters. The largest absolute Gasteiger partial charge is 0.293 e. The Kier molecular flexibility index (Phi) is 41.2. The van der Waals surface area contributed by atoms with Crippen LogP contribution in [0.2, 0.25) is 0 Å². The molecule has 0 heterocycles. The molecule has 0 atom stereocenters. The number of nitrogens with zero attached hydrogens (tertiary/aromatic N) is 1. The molecule has 0 bridgehead atoms. The van der Waals surface area contributed by atoms with E-state index in [1.54, 1.807) is 0 Å². The van der Waals surface area contributed by atoms with E-state index in [9.17, 15) is 4.79 Å². The molecule has 2 nitrogen and oxygen atoms in total. The zero-order valence-corrected chi connectivity index (χ0v) is 36.1. The molecule has 0 aromatic heterocycles. The van der Waals surface area contributed by atoms with Gasteiger partial charge in [-0.05, 0) is 110 Å². The normalized spacial score (nSPS) is 10.4. The van der Waals surface area contributed by atoms with Crippen LogP contribution >= 0.6 is 12.6 Å². The van der Waals surface area contributed by atoms with Gasteiger partial charge in [0.25, 0.3) is 0 Å². The molecule has 278 valence electrons. The number of rotatable bonds is 14. The summed E-state index contributed by atoms with van der Waals surface area (Å²) in [7, 11) is 0. The molecule has 0 aliphatic heterocycles. The van der Waals surface area contributed by atoms with E-state index in [0.29, 0.717) is 16.0 Å². The summed E-state index contributed by atoms with van der Waals surface area (Å²) in [6, 6.07) is 9.03. The van der Waals surface area contributed by atoms with E-state index < -0.39 is 0 Å². The van der Waals surface area contributed by atoms with Crippen molar-refractivity contribution in [1.29, 1.82) is 0 Å². The summed E-state index contributed by atoms with van der Waals surface area (Å²) < 4.78 is 0. The fraction of sp³-hybridized carbons (Fsp3) is 0.600. The minimum absolute atomic E-state index is 0.111. The maximum atomic E-state index is 11.1. The molecule has 1 rings (SSSR count). The van der Waals surface area contributed by atoms with Gasteiger partial charge in [-0.2, -0.15) is 0 Å². The van der Waals surface area contributed by atoms with E-state index in [-0.39, 0.29) is 5.78 Å². The van der Waals surface area contributed by atoms with Crippen molar-refractivity contribution in [3.05, 3.63) is 94.1 Å². The summed E-state index contributed by atoms with van der Waals surface area (Å²) in [6.45, 7) is 45.9. The van der Waals surface area contributed by atoms with E-state index in [1.807, 2.05) is 62.3 Å². The maximum Gasteiger partial charge on any atom is 0.179 e. The zero-order valence-electron chi connectivity index (χ0n) is 35.2. The Labute approximate surface area is 307 Å². The molecular weight excluding hydrogens is 603 g/mol. The second-order valence-corrected chi connectivity index (χ2v) is 13.4. The Morgan fingerprint density at radius 1 is 0.771 bits per heavy atom. The smallest absolute Gasteiger partial charge is 0.179 e.